The molecule has 1 rings (SSSR count). The van der Waals surface area contributed by atoms with Crippen LogP contribution >= 0.6 is 11.6 Å². The first-order chi connectivity index (χ1) is 7.74. The van der Waals surface area contributed by atoms with E-state index in [1.165, 1.54) is 0 Å². The fourth-order valence-electron chi connectivity index (χ4n) is 2.09. The van der Waals surface area contributed by atoms with Gasteiger partial charge in [-0.1, -0.05) is 45.2 Å². The highest BCUT2D eigenvalue weighted by Gasteiger charge is 2.22. The second-order valence-electron chi connectivity index (χ2n) is 3.98. The van der Waals surface area contributed by atoms with Crippen molar-refractivity contribution < 1.29 is 0 Å². The summed E-state index contributed by atoms with van der Waals surface area (Å²) in [5.41, 5.74) is 0.986. The highest BCUT2D eigenvalue weighted by Crippen LogP contribution is 2.30. The summed E-state index contributed by atoms with van der Waals surface area (Å²) in [6, 6.07) is 4.06. The van der Waals surface area contributed by atoms with Crippen LogP contribution in [-0.4, -0.2) is 11.5 Å². The number of halogens is 1. The standard InChI is InChI=1S/C13H21ClN2/c1-4-10(5-2)12(15-6-3)13-11(14)8-7-9-16-13/h7-10,12,15H,4-6H2,1-3H3. The third kappa shape index (κ3) is 3.19. The van der Waals surface area contributed by atoms with Gasteiger partial charge in [0.05, 0.1) is 16.8 Å². The van der Waals surface area contributed by atoms with Crippen molar-refractivity contribution in [2.24, 2.45) is 5.92 Å². The van der Waals surface area contributed by atoms with E-state index < -0.39 is 0 Å². The minimum atomic E-state index is 0.272. The molecule has 0 aliphatic heterocycles. The summed E-state index contributed by atoms with van der Waals surface area (Å²) < 4.78 is 0. The van der Waals surface area contributed by atoms with E-state index in [-0.39, 0.29) is 6.04 Å². The van der Waals surface area contributed by atoms with Crippen LogP contribution < -0.4 is 5.32 Å². The molecule has 0 amide bonds. The van der Waals surface area contributed by atoms with E-state index >= 15 is 0 Å². The molecule has 16 heavy (non-hydrogen) atoms. The predicted octanol–water partition coefficient (Wildman–Crippen LogP) is 3.82. The molecule has 0 aliphatic rings. The molecule has 1 N–H and O–H groups in total. The van der Waals surface area contributed by atoms with Crippen molar-refractivity contribution in [1.29, 1.82) is 0 Å². The Kier molecular flexibility index (Phi) is 5.78. The van der Waals surface area contributed by atoms with Crippen molar-refractivity contribution in [3.8, 4) is 0 Å². The molecule has 0 aromatic carbocycles. The van der Waals surface area contributed by atoms with Gasteiger partial charge in [0.15, 0.2) is 0 Å². The molecule has 0 aliphatic carbocycles. The first-order valence-corrected chi connectivity index (χ1v) is 6.46. The van der Waals surface area contributed by atoms with Crippen molar-refractivity contribution in [3.05, 3.63) is 29.0 Å². The Bertz CT molecular complexity index is 311. The Morgan fingerprint density at radius 2 is 2.00 bits per heavy atom. The van der Waals surface area contributed by atoms with Gasteiger partial charge >= 0.3 is 0 Å². The minimum absolute atomic E-state index is 0.272. The van der Waals surface area contributed by atoms with E-state index in [4.69, 9.17) is 11.6 Å². The molecule has 90 valence electrons. The summed E-state index contributed by atoms with van der Waals surface area (Å²) >= 11 is 6.21. The van der Waals surface area contributed by atoms with Crippen LogP contribution in [0.15, 0.2) is 18.3 Å². The van der Waals surface area contributed by atoms with Gasteiger partial charge in [-0.05, 0) is 24.6 Å². The maximum Gasteiger partial charge on any atom is 0.0761 e. The van der Waals surface area contributed by atoms with E-state index in [2.05, 4.69) is 31.1 Å². The number of aromatic nitrogens is 1. The Morgan fingerprint density at radius 3 is 2.50 bits per heavy atom. The zero-order valence-electron chi connectivity index (χ0n) is 10.3. The molecule has 0 fully saturated rings. The van der Waals surface area contributed by atoms with Crippen LogP contribution in [0.2, 0.25) is 5.02 Å². The second-order valence-corrected chi connectivity index (χ2v) is 4.39. The third-order valence-corrected chi connectivity index (χ3v) is 3.35. The zero-order chi connectivity index (χ0) is 12.0. The molecule has 2 nitrogen and oxygen atoms in total. The average Bonchev–Trinajstić information content (AvgIpc) is 2.30. The van der Waals surface area contributed by atoms with Crippen molar-refractivity contribution in [1.82, 2.24) is 10.3 Å². The lowest BCUT2D eigenvalue weighted by Gasteiger charge is -2.26. The Hall–Kier alpha value is -0.600. The smallest absolute Gasteiger partial charge is 0.0761 e. The second kappa shape index (κ2) is 6.87. The van der Waals surface area contributed by atoms with Crippen LogP contribution in [0.25, 0.3) is 0 Å². The average molecular weight is 241 g/mol. The van der Waals surface area contributed by atoms with Gasteiger partial charge in [0.1, 0.15) is 0 Å². The fourth-order valence-corrected chi connectivity index (χ4v) is 2.33. The number of pyridine rings is 1. The number of nitrogens with zero attached hydrogens (tertiary/aromatic N) is 1. The van der Waals surface area contributed by atoms with Gasteiger partial charge in [-0.25, -0.2) is 0 Å². The first-order valence-electron chi connectivity index (χ1n) is 6.08. The number of rotatable bonds is 6. The van der Waals surface area contributed by atoms with Gasteiger partial charge < -0.3 is 5.32 Å². The van der Waals surface area contributed by atoms with Crippen molar-refractivity contribution in [2.45, 2.75) is 39.7 Å². The van der Waals surface area contributed by atoms with Gasteiger partial charge in [0.2, 0.25) is 0 Å². The molecule has 1 atom stereocenters. The molecule has 0 saturated heterocycles. The van der Waals surface area contributed by atoms with Crippen molar-refractivity contribution in [2.75, 3.05) is 6.54 Å². The van der Waals surface area contributed by atoms with Gasteiger partial charge in [-0.3, -0.25) is 4.98 Å². The predicted molar refractivity (Wildman–Crippen MR) is 69.7 cm³/mol. The van der Waals surface area contributed by atoms with Crippen molar-refractivity contribution >= 4 is 11.6 Å². The normalized spacial score (nSPS) is 13.1. The molecule has 0 spiro atoms. The van der Waals surface area contributed by atoms with E-state index in [0.717, 1.165) is 30.1 Å². The molecule has 0 saturated carbocycles. The van der Waals surface area contributed by atoms with Crippen LogP contribution in [0.3, 0.4) is 0 Å². The minimum Gasteiger partial charge on any atom is -0.309 e. The monoisotopic (exact) mass is 240 g/mol. The Labute approximate surface area is 103 Å². The van der Waals surface area contributed by atoms with Gasteiger partial charge in [-0.2, -0.15) is 0 Å². The largest absolute Gasteiger partial charge is 0.309 e. The van der Waals surface area contributed by atoms with E-state index in [9.17, 15) is 0 Å². The van der Waals surface area contributed by atoms with Crippen LogP contribution in [0.4, 0.5) is 0 Å². The first kappa shape index (κ1) is 13.5. The molecule has 0 radical (unpaired) electrons. The quantitative estimate of drug-likeness (QED) is 0.818. The summed E-state index contributed by atoms with van der Waals surface area (Å²) in [4.78, 5) is 4.42. The summed E-state index contributed by atoms with van der Waals surface area (Å²) in [7, 11) is 0. The lowest BCUT2D eigenvalue weighted by atomic mass is 9.91. The lowest BCUT2D eigenvalue weighted by molar-refractivity contribution is 0.340. The van der Waals surface area contributed by atoms with Crippen LogP contribution in [0.1, 0.15) is 45.3 Å². The van der Waals surface area contributed by atoms with E-state index in [0.29, 0.717) is 5.92 Å². The zero-order valence-corrected chi connectivity index (χ0v) is 11.1. The molecule has 0 bridgehead atoms. The maximum absolute atomic E-state index is 6.21. The topological polar surface area (TPSA) is 24.9 Å². The van der Waals surface area contributed by atoms with Gasteiger partial charge in [-0.15, -0.1) is 0 Å². The Balaban J connectivity index is 2.97. The Morgan fingerprint density at radius 1 is 1.31 bits per heavy atom. The summed E-state index contributed by atoms with van der Waals surface area (Å²) in [5, 5.41) is 4.26. The number of nitrogens with one attached hydrogen (secondary N) is 1. The van der Waals surface area contributed by atoms with Crippen LogP contribution in [0, 0.1) is 5.92 Å². The molecule has 3 heteroatoms. The van der Waals surface area contributed by atoms with Crippen molar-refractivity contribution in [3.63, 3.8) is 0 Å². The molecule has 1 heterocycles. The molecule has 1 aromatic rings. The summed E-state index contributed by atoms with van der Waals surface area (Å²) in [6.07, 6.45) is 4.09. The number of hydrogen-bond acceptors (Lipinski definition) is 2. The maximum atomic E-state index is 6.21. The van der Waals surface area contributed by atoms with E-state index in [1.54, 1.807) is 0 Å². The van der Waals surface area contributed by atoms with Crippen LogP contribution in [-0.2, 0) is 0 Å². The highest BCUT2D eigenvalue weighted by atomic mass is 35.5. The SMILES string of the molecule is CCNC(c1ncccc1Cl)C(CC)CC. The molecular formula is C13H21ClN2. The summed E-state index contributed by atoms with van der Waals surface area (Å²) in [6.45, 7) is 7.49. The molecule has 1 aromatic heterocycles. The lowest BCUT2D eigenvalue weighted by Crippen LogP contribution is -2.28. The van der Waals surface area contributed by atoms with Gasteiger partial charge in [0, 0.05) is 6.20 Å². The third-order valence-electron chi connectivity index (χ3n) is 3.03. The fraction of sp³-hybridized carbons (Fsp3) is 0.615. The highest BCUT2D eigenvalue weighted by molar-refractivity contribution is 6.31. The van der Waals surface area contributed by atoms with Crippen LogP contribution in [0.5, 0.6) is 0 Å². The van der Waals surface area contributed by atoms with E-state index in [1.807, 2.05) is 18.3 Å². The summed E-state index contributed by atoms with van der Waals surface area (Å²) in [5.74, 6) is 0.590. The number of hydrogen-bond donors (Lipinski definition) is 1. The van der Waals surface area contributed by atoms with Gasteiger partial charge in [0.25, 0.3) is 0 Å². The molecule has 1 unspecified atom stereocenters. The molecular weight excluding hydrogens is 220 g/mol.